The highest BCUT2D eigenvalue weighted by Crippen LogP contribution is 2.04. The number of aliphatic hydroxyl groups excluding tert-OH is 1. The van der Waals surface area contributed by atoms with E-state index in [2.05, 4.69) is 22.0 Å². The minimum atomic E-state index is -0.404. The Hall–Kier alpha value is -1.95. The average molecular weight is 329 g/mol. The first kappa shape index (κ1) is 16.9. The van der Waals surface area contributed by atoms with Gasteiger partial charge in [-0.05, 0) is 11.6 Å². The van der Waals surface area contributed by atoms with Gasteiger partial charge in [-0.25, -0.2) is 4.98 Å². The molecule has 1 aromatic carbocycles. The molecule has 2 aromatic rings. The molecule has 1 atom stereocenters. The number of pyridine rings is 1. The molecule has 5 heteroatoms. The van der Waals surface area contributed by atoms with Crippen molar-refractivity contribution in [1.82, 2.24) is 0 Å². The van der Waals surface area contributed by atoms with Gasteiger partial charge in [-0.1, -0.05) is 36.4 Å². The molecule has 0 radical (unpaired) electrons. The van der Waals surface area contributed by atoms with Gasteiger partial charge < -0.3 is 14.7 Å². The summed E-state index contributed by atoms with van der Waals surface area (Å²) in [5, 5.41) is 10.2. The Kier molecular flexibility index (Phi) is 6.18. The van der Waals surface area contributed by atoms with Gasteiger partial charge in [0.25, 0.3) is 5.82 Å². The molecule has 1 aliphatic heterocycles. The molecular formula is C19H27N3O2+2. The van der Waals surface area contributed by atoms with Gasteiger partial charge in [-0.15, -0.1) is 0 Å². The number of nitrogens with zero attached hydrogens (tertiary/aromatic N) is 1. The summed E-state index contributed by atoms with van der Waals surface area (Å²) in [5.41, 5.74) is 1.14. The number of benzene rings is 1. The van der Waals surface area contributed by atoms with E-state index < -0.39 is 6.10 Å². The summed E-state index contributed by atoms with van der Waals surface area (Å²) < 4.78 is 5.63. The third-order valence-corrected chi connectivity index (χ3v) is 4.45. The molecule has 5 nitrogen and oxygen atoms in total. The summed E-state index contributed by atoms with van der Waals surface area (Å²) in [5.74, 6) is 1.17. The third kappa shape index (κ3) is 5.03. The molecule has 128 valence electrons. The molecule has 0 aliphatic carbocycles. The molecule has 3 rings (SSSR count). The van der Waals surface area contributed by atoms with Crippen molar-refractivity contribution in [3.8, 4) is 0 Å². The van der Waals surface area contributed by atoms with E-state index in [1.165, 1.54) is 10.7 Å². The lowest BCUT2D eigenvalue weighted by Crippen LogP contribution is -3.16. The lowest BCUT2D eigenvalue weighted by Gasteiger charge is -2.29. The van der Waals surface area contributed by atoms with Crippen molar-refractivity contribution in [2.24, 2.45) is 0 Å². The first-order valence-electron chi connectivity index (χ1n) is 8.66. The van der Waals surface area contributed by atoms with Gasteiger partial charge >= 0.3 is 0 Å². The normalized spacial score (nSPS) is 17.0. The van der Waals surface area contributed by atoms with Crippen LogP contribution >= 0.6 is 0 Å². The Bertz CT molecular complexity index is 586. The molecule has 0 unspecified atom stereocenters. The highest BCUT2D eigenvalue weighted by Gasteiger charge is 2.27. The quantitative estimate of drug-likeness (QED) is 0.739. The topological polar surface area (TPSA) is 51.3 Å². The van der Waals surface area contributed by atoms with E-state index in [0.29, 0.717) is 13.2 Å². The minimum absolute atomic E-state index is 0.397. The number of H-pyrrole nitrogens is 1. The predicted molar refractivity (Wildman–Crippen MR) is 92.9 cm³/mol. The molecular weight excluding hydrogens is 302 g/mol. The number of hydrogen-bond donors (Lipinski definition) is 2. The molecule has 24 heavy (non-hydrogen) atoms. The second-order valence-corrected chi connectivity index (χ2v) is 6.34. The van der Waals surface area contributed by atoms with Crippen LogP contribution in [0, 0.1) is 0 Å². The Labute approximate surface area is 143 Å². The Balaban J connectivity index is 1.35. The minimum Gasteiger partial charge on any atom is -0.385 e. The number of ether oxygens (including phenoxy) is 1. The molecule has 3 N–H and O–H groups in total. The molecule has 1 fully saturated rings. The number of rotatable bonds is 7. The number of piperazine rings is 1. The van der Waals surface area contributed by atoms with Crippen LogP contribution in [0.5, 0.6) is 0 Å². The molecule has 1 saturated heterocycles. The van der Waals surface area contributed by atoms with Crippen LogP contribution in [0.15, 0.2) is 54.7 Å². The van der Waals surface area contributed by atoms with Crippen molar-refractivity contribution < 1.29 is 19.7 Å². The van der Waals surface area contributed by atoms with Crippen LogP contribution in [0.25, 0.3) is 0 Å². The maximum absolute atomic E-state index is 10.2. The zero-order valence-electron chi connectivity index (χ0n) is 14.0. The van der Waals surface area contributed by atoms with Crippen LogP contribution in [0.2, 0.25) is 0 Å². The summed E-state index contributed by atoms with van der Waals surface area (Å²) in [6, 6.07) is 16.2. The number of quaternary nitrogens is 1. The van der Waals surface area contributed by atoms with Crippen LogP contribution in [0.1, 0.15) is 5.56 Å². The van der Waals surface area contributed by atoms with Crippen LogP contribution in [0.4, 0.5) is 5.82 Å². The summed E-state index contributed by atoms with van der Waals surface area (Å²) in [7, 11) is 0. The standard InChI is InChI=1S/C19H25N3O2/c23-18(16-24-15-17-6-2-1-3-7-17)14-21-10-12-22(13-11-21)19-8-4-5-9-20-19/h1-9,18,23H,10-16H2/p+2/t18-/m0/s1. The fourth-order valence-electron chi connectivity index (χ4n) is 3.13. The van der Waals surface area contributed by atoms with E-state index in [1.54, 1.807) is 0 Å². The summed E-state index contributed by atoms with van der Waals surface area (Å²) in [6.45, 7) is 5.80. The summed E-state index contributed by atoms with van der Waals surface area (Å²) in [4.78, 5) is 7.09. The SMILES string of the molecule is O[C@H](COCc1ccccc1)C[NH+]1CCN(c2cccc[nH+]2)CC1. The molecule has 0 saturated carbocycles. The summed E-state index contributed by atoms with van der Waals surface area (Å²) in [6.07, 6.45) is 1.56. The van der Waals surface area contributed by atoms with Gasteiger partial charge in [-0.3, -0.25) is 4.90 Å². The highest BCUT2D eigenvalue weighted by atomic mass is 16.5. The first-order valence-corrected chi connectivity index (χ1v) is 8.66. The Morgan fingerprint density at radius 3 is 2.54 bits per heavy atom. The maximum Gasteiger partial charge on any atom is 0.274 e. The van der Waals surface area contributed by atoms with E-state index in [1.807, 2.05) is 42.6 Å². The van der Waals surface area contributed by atoms with Crippen molar-refractivity contribution in [2.75, 3.05) is 44.2 Å². The third-order valence-electron chi connectivity index (χ3n) is 4.45. The zero-order chi connectivity index (χ0) is 16.6. The number of aliphatic hydroxyl groups is 1. The molecule has 2 heterocycles. The van der Waals surface area contributed by atoms with Crippen molar-refractivity contribution in [2.45, 2.75) is 12.7 Å². The van der Waals surface area contributed by atoms with Gasteiger partial charge in [0.15, 0.2) is 0 Å². The average Bonchev–Trinajstić information content (AvgIpc) is 2.64. The van der Waals surface area contributed by atoms with Crippen molar-refractivity contribution in [3.63, 3.8) is 0 Å². The largest absolute Gasteiger partial charge is 0.385 e. The highest BCUT2D eigenvalue weighted by molar-refractivity contribution is 5.31. The molecule has 1 aliphatic rings. The number of nitrogens with one attached hydrogen (secondary N) is 2. The lowest BCUT2D eigenvalue weighted by molar-refractivity contribution is -0.903. The van der Waals surface area contributed by atoms with Gasteiger partial charge in [0.1, 0.15) is 38.8 Å². The van der Waals surface area contributed by atoms with Crippen LogP contribution in [-0.2, 0) is 11.3 Å². The van der Waals surface area contributed by atoms with E-state index in [4.69, 9.17) is 4.74 Å². The molecule has 0 bridgehead atoms. The van der Waals surface area contributed by atoms with Crippen LogP contribution in [0.3, 0.4) is 0 Å². The molecule has 1 aromatic heterocycles. The van der Waals surface area contributed by atoms with Crippen LogP contribution in [-0.4, -0.2) is 50.5 Å². The smallest absolute Gasteiger partial charge is 0.274 e. The number of anilines is 1. The first-order chi connectivity index (χ1) is 11.8. The zero-order valence-corrected chi connectivity index (χ0v) is 14.0. The van der Waals surface area contributed by atoms with Crippen molar-refractivity contribution in [1.29, 1.82) is 0 Å². The molecule has 0 spiro atoms. The van der Waals surface area contributed by atoms with E-state index in [9.17, 15) is 5.11 Å². The van der Waals surface area contributed by atoms with Gasteiger partial charge in [-0.2, -0.15) is 0 Å². The van der Waals surface area contributed by atoms with E-state index in [-0.39, 0.29) is 0 Å². The monoisotopic (exact) mass is 329 g/mol. The van der Waals surface area contributed by atoms with Crippen molar-refractivity contribution >= 4 is 5.82 Å². The van der Waals surface area contributed by atoms with Crippen LogP contribution < -0.4 is 14.8 Å². The maximum atomic E-state index is 10.2. The number of hydrogen-bond acceptors (Lipinski definition) is 3. The Morgan fingerprint density at radius 1 is 1.08 bits per heavy atom. The second kappa shape index (κ2) is 8.78. The fraction of sp³-hybridized carbons (Fsp3) is 0.421. The van der Waals surface area contributed by atoms with Crippen molar-refractivity contribution in [3.05, 3.63) is 60.3 Å². The fourth-order valence-corrected chi connectivity index (χ4v) is 3.13. The number of aromatic nitrogens is 1. The molecule has 0 amide bonds. The van der Waals surface area contributed by atoms with E-state index >= 15 is 0 Å². The Morgan fingerprint density at radius 2 is 1.83 bits per heavy atom. The van der Waals surface area contributed by atoms with Gasteiger partial charge in [0.2, 0.25) is 0 Å². The number of aromatic amines is 1. The lowest BCUT2D eigenvalue weighted by atomic mass is 10.2. The van der Waals surface area contributed by atoms with Gasteiger partial charge in [0, 0.05) is 6.07 Å². The summed E-state index contributed by atoms with van der Waals surface area (Å²) >= 11 is 0. The second-order valence-electron chi connectivity index (χ2n) is 6.34. The van der Waals surface area contributed by atoms with Gasteiger partial charge in [0.05, 0.1) is 19.4 Å². The van der Waals surface area contributed by atoms with E-state index in [0.717, 1.165) is 38.3 Å². The predicted octanol–water partition coefficient (Wildman–Crippen LogP) is -0.217.